The summed E-state index contributed by atoms with van der Waals surface area (Å²) in [4.78, 5) is 25.3. The fraction of sp³-hybridized carbons (Fsp3) is 0.957. The summed E-state index contributed by atoms with van der Waals surface area (Å²) in [7, 11) is -4.28. The van der Waals surface area contributed by atoms with Gasteiger partial charge in [0.15, 0.2) is 6.10 Å². The Labute approximate surface area is 200 Å². The average Bonchev–Trinajstić information content (AvgIpc) is 2.80. The molecule has 4 N–H and O–H groups in total. The number of rotatable bonds is 25. The molecule has 9 nitrogen and oxygen atoms in total. The van der Waals surface area contributed by atoms with Crippen molar-refractivity contribution in [3.05, 3.63) is 0 Å². The zero-order valence-corrected chi connectivity index (χ0v) is 21.5. The van der Waals surface area contributed by atoms with Crippen LogP contribution in [0.4, 0.5) is 0 Å². The molecule has 0 amide bonds. The van der Waals surface area contributed by atoms with Crippen LogP contribution in [-0.2, 0) is 28.0 Å². The van der Waals surface area contributed by atoms with E-state index in [4.69, 9.17) is 15.7 Å². The van der Waals surface area contributed by atoms with Gasteiger partial charge < -0.3 is 15.4 Å². The number of unbranched alkanes of at least 4 members (excludes halogenated alkanes) is 14. The molecule has 2 atom stereocenters. The Morgan fingerprint density at radius 1 is 0.818 bits per heavy atom. The van der Waals surface area contributed by atoms with Crippen molar-refractivity contribution in [3.8, 4) is 0 Å². The van der Waals surface area contributed by atoms with Crippen molar-refractivity contribution in [2.75, 3.05) is 26.4 Å². The Kier molecular flexibility index (Phi) is 22.8. The van der Waals surface area contributed by atoms with Gasteiger partial charge in [-0.15, -0.1) is 0 Å². The van der Waals surface area contributed by atoms with Crippen LogP contribution < -0.4 is 5.73 Å². The monoisotopic (exact) mass is 497 g/mol. The zero-order chi connectivity index (χ0) is 24.6. The van der Waals surface area contributed by atoms with E-state index in [1.54, 1.807) is 0 Å². The van der Waals surface area contributed by atoms with Crippen LogP contribution in [0, 0.1) is 0 Å². The minimum Gasteiger partial charge on any atom is -0.463 e. The number of nitrogens with two attached hydrogens (primary N) is 1. The van der Waals surface area contributed by atoms with Crippen LogP contribution in [0.2, 0.25) is 0 Å². The lowest BCUT2D eigenvalue weighted by atomic mass is 10.0. The molecule has 0 aliphatic rings. The van der Waals surface area contributed by atoms with Crippen LogP contribution in [0.1, 0.15) is 110 Å². The van der Waals surface area contributed by atoms with Crippen LogP contribution in [0.25, 0.3) is 0 Å². The molecular weight excluding hydrogens is 449 g/mol. The summed E-state index contributed by atoms with van der Waals surface area (Å²) in [5.74, 6) is -0.404. The van der Waals surface area contributed by atoms with E-state index in [9.17, 15) is 14.3 Å². The molecule has 0 saturated carbocycles. The normalized spacial score (nSPS) is 14.2. The third kappa shape index (κ3) is 23.0. The Morgan fingerprint density at radius 2 is 1.30 bits per heavy atom. The molecule has 0 radical (unpaired) electrons. The molecule has 0 aromatic carbocycles. The number of hydrogen-bond donors (Lipinski definition) is 3. The van der Waals surface area contributed by atoms with Gasteiger partial charge in [0.25, 0.3) is 0 Å². The second-order valence-corrected chi connectivity index (χ2v) is 9.95. The molecular formula is C23H48NO8P. The molecule has 0 fully saturated rings. The average molecular weight is 498 g/mol. The molecule has 0 aromatic heterocycles. The van der Waals surface area contributed by atoms with Gasteiger partial charge in [-0.1, -0.05) is 96.8 Å². The number of hydrogen-bond acceptors (Lipinski definition) is 8. The summed E-state index contributed by atoms with van der Waals surface area (Å²) in [5.41, 5.74) is 5.18. The van der Waals surface area contributed by atoms with E-state index in [2.05, 4.69) is 20.9 Å². The SMILES string of the molecule is CCCCCCCCCCCCCCCCCC(=O)OC[C@H](COP(=O)(O)OCCN)OO. The van der Waals surface area contributed by atoms with Crippen LogP contribution in [0.3, 0.4) is 0 Å². The van der Waals surface area contributed by atoms with Gasteiger partial charge in [0.2, 0.25) is 0 Å². The highest BCUT2D eigenvalue weighted by atomic mass is 31.2. The molecule has 0 saturated heterocycles. The van der Waals surface area contributed by atoms with Crippen LogP contribution in [0.5, 0.6) is 0 Å². The number of esters is 1. The topological polar surface area (TPSA) is 138 Å². The van der Waals surface area contributed by atoms with Gasteiger partial charge >= 0.3 is 13.8 Å². The van der Waals surface area contributed by atoms with Gasteiger partial charge in [-0.05, 0) is 6.42 Å². The van der Waals surface area contributed by atoms with Gasteiger partial charge in [0.05, 0.1) is 13.2 Å². The maximum atomic E-state index is 11.8. The Morgan fingerprint density at radius 3 is 1.76 bits per heavy atom. The number of ether oxygens (including phenoxy) is 1. The van der Waals surface area contributed by atoms with E-state index < -0.39 is 26.5 Å². The fourth-order valence-corrected chi connectivity index (χ4v) is 4.16. The molecule has 0 bridgehead atoms. The smallest absolute Gasteiger partial charge is 0.463 e. The minimum absolute atomic E-state index is 0.0603. The molecule has 0 heterocycles. The zero-order valence-electron chi connectivity index (χ0n) is 20.6. The molecule has 0 aliphatic heterocycles. The highest BCUT2D eigenvalue weighted by molar-refractivity contribution is 7.47. The second kappa shape index (κ2) is 23.2. The molecule has 33 heavy (non-hydrogen) atoms. The standard InChI is InChI=1S/C23H48NO8P/c1-2-3-4-5-6-7-8-9-10-11-12-13-14-15-16-17-23(25)29-20-22(32-26)21-31-33(27,28)30-19-18-24/h22,26H,2-21,24H2,1H3,(H,27,28)/t22-/m1/s1. The van der Waals surface area contributed by atoms with E-state index >= 15 is 0 Å². The van der Waals surface area contributed by atoms with Crippen LogP contribution in [0.15, 0.2) is 0 Å². The third-order valence-electron chi connectivity index (χ3n) is 5.36. The quantitative estimate of drug-likeness (QED) is 0.0474. The predicted octanol–water partition coefficient (Wildman–Crippen LogP) is 5.74. The largest absolute Gasteiger partial charge is 0.472 e. The van der Waals surface area contributed by atoms with E-state index in [0.717, 1.165) is 19.3 Å². The van der Waals surface area contributed by atoms with Crippen molar-refractivity contribution >= 4 is 13.8 Å². The first kappa shape index (κ1) is 32.5. The van der Waals surface area contributed by atoms with E-state index in [0.29, 0.717) is 0 Å². The summed E-state index contributed by atoms with van der Waals surface area (Å²) in [6.07, 6.45) is 18.0. The van der Waals surface area contributed by atoms with E-state index in [1.165, 1.54) is 77.0 Å². The first-order chi connectivity index (χ1) is 15.9. The van der Waals surface area contributed by atoms with Crippen molar-refractivity contribution in [1.82, 2.24) is 0 Å². The number of phosphoric ester groups is 1. The lowest BCUT2D eigenvalue weighted by Crippen LogP contribution is -2.26. The van der Waals surface area contributed by atoms with Gasteiger partial charge in [-0.2, -0.15) is 0 Å². The summed E-state index contributed by atoms with van der Waals surface area (Å²) < 4.78 is 25.8. The first-order valence-corrected chi connectivity index (χ1v) is 14.2. The maximum Gasteiger partial charge on any atom is 0.472 e. The van der Waals surface area contributed by atoms with E-state index in [-0.39, 0.29) is 26.2 Å². The van der Waals surface area contributed by atoms with Crippen molar-refractivity contribution in [2.24, 2.45) is 5.73 Å². The lowest BCUT2D eigenvalue weighted by Gasteiger charge is -2.16. The molecule has 0 rings (SSSR count). The van der Waals surface area contributed by atoms with Crippen molar-refractivity contribution in [2.45, 2.75) is 116 Å². The highest BCUT2D eigenvalue weighted by Gasteiger charge is 2.24. The summed E-state index contributed by atoms with van der Waals surface area (Å²) in [6, 6.07) is 0. The van der Waals surface area contributed by atoms with Crippen LogP contribution in [-0.4, -0.2) is 48.6 Å². The first-order valence-electron chi connectivity index (χ1n) is 12.7. The molecule has 10 heteroatoms. The van der Waals surface area contributed by atoms with Gasteiger partial charge in [-0.25, -0.2) is 9.45 Å². The van der Waals surface area contributed by atoms with Crippen molar-refractivity contribution < 1.29 is 38.2 Å². The highest BCUT2D eigenvalue weighted by Crippen LogP contribution is 2.42. The predicted molar refractivity (Wildman–Crippen MR) is 129 cm³/mol. The Balaban J connectivity index is 3.53. The molecule has 0 aromatic rings. The maximum absolute atomic E-state index is 11.8. The fourth-order valence-electron chi connectivity index (χ4n) is 3.39. The Hall–Kier alpha value is -0.540. The van der Waals surface area contributed by atoms with Gasteiger partial charge in [0.1, 0.15) is 6.61 Å². The minimum atomic E-state index is -4.28. The third-order valence-corrected chi connectivity index (χ3v) is 6.34. The Bertz CT molecular complexity index is 495. The number of carbonyl (C=O) groups excluding carboxylic acids is 1. The van der Waals surface area contributed by atoms with Crippen molar-refractivity contribution in [1.29, 1.82) is 0 Å². The van der Waals surface area contributed by atoms with Gasteiger partial charge in [0, 0.05) is 13.0 Å². The number of phosphoric acid groups is 1. The van der Waals surface area contributed by atoms with E-state index in [1.807, 2.05) is 0 Å². The number of carbonyl (C=O) groups is 1. The van der Waals surface area contributed by atoms with Gasteiger partial charge in [-0.3, -0.25) is 19.1 Å². The molecule has 1 unspecified atom stereocenters. The lowest BCUT2D eigenvalue weighted by molar-refractivity contribution is -0.290. The molecule has 0 spiro atoms. The molecule has 0 aliphatic carbocycles. The summed E-state index contributed by atoms with van der Waals surface area (Å²) >= 11 is 0. The van der Waals surface area contributed by atoms with Crippen molar-refractivity contribution in [3.63, 3.8) is 0 Å². The molecule has 198 valence electrons. The summed E-state index contributed by atoms with van der Waals surface area (Å²) in [6.45, 7) is 1.41. The van der Waals surface area contributed by atoms with Crippen LogP contribution >= 0.6 is 7.82 Å². The summed E-state index contributed by atoms with van der Waals surface area (Å²) in [5, 5.41) is 8.83. The second-order valence-electron chi connectivity index (χ2n) is 8.50.